The van der Waals surface area contributed by atoms with Gasteiger partial charge in [0.2, 0.25) is 5.91 Å². The Bertz CT molecular complexity index is 383. The summed E-state index contributed by atoms with van der Waals surface area (Å²) in [5.41, 5.74) is 6.34. The van der Waals surface area contributed by atoms with Crippen LogP contribution >= 0.6 is 0 Å². The minimum atomic E-state index is -0.324. The second-order valence-electron chi connectivity index (χ2n) is 3.05. The van der Waals surface area contributed by atoms with E-state index in [1.807, 2.05) is 12.1 Å². The van der Waals surface area contributed by atoms with Gasteiger partial charge in [0.05, 0.1) is 0 Å². The summed E-state index contributed by atoms with van der Waals surface area (Å²) in [6.45, 7) is 1.14. The lowest BCUT2D eigenvalue weighted by atomic mass is 10.2. The Morgan fingerprint density at radius 1 is 1.67 bits per heavy atom. The zero-order valence-corrected chi connectivity index (χ0v) is 8.23. The number of pyridine rings is 1. The van der Waals surface area contributed by atoms with Crippen LogP contribution in [0.2, 0.25) is 0 Å². The molecule has 0 aliphatic heterocycles. The number of nitriles is 1. The molecule has 0 aliphatic carbocycles. The number of nitrogens with two attached hydrogens (primary N) is 1. The van der Waals surface area contributed by atoms with Gasteiger partial charge in [0.15, 0.2) is 0 Å². The summed E-state index contributed by atoms with van der Waals surface area (Å²) in [7, 11) is 0. The Balaban J connectivity index is 2.38. The summed E-state index contributed by atoms with van der Waals surface area (Å²) in [5.74, 6) is -0.324. The molecule has 1 aromatic heterocycles. The van der Waals surface area contributed by atoms with Crippen LogP contribution in [0.3, 0.4) is 0 Å². The van der Waals surface area contributed by atoms with Crippen molar-refractivity contribution in [3.05, 3.63) is 29.6 Å². The van der Waals surface area contributed by atoms with Crippen molar-refractivity contribution < 1.29 is 4.79 Å². The molecule has 5 nitrogen and oxygen atoms in total. The molecule has 5 heteroatoms. The SMILES string of the molecule is N#Cc1cc(CNCCC(N)=O)ccn1. The summed E-state index contributed by atoms with van der Waals surface area (Å²) in [6, 6.07) is 5.49. The molecule has 1 heterocycles. The Hall–Kier alpha value is -1.93. The normalized spacial score (nSPS) is 9.53. The van der Waals surface area contributed by atoms with Crippen LogP contribution in [0, 0.1) is 11.3 Å². The Morgan fingerprint density at radius 2 is 2.47 bits per heavy atom. The van der Waals surface area contributed by atoms with E-state index in [1.165, 1.54) is 0 Å². The molecule has 0 saturated heterocycles. The van der Waals surface area contributed by atoms with Gasteiger partial charge in [0.1, 0.15) is 11.8 Å². The molecule has 0 aliphatic rings. The van der Waals surface area contributed by atoms with E-state index < -0.39 is 0 Å². The lowest BCUT2D eigenvalue weighted by Gasteiger charge is -2.02. The van der Waals surface area contributed by atoms with Crippen molar-refractivity contribution in [2.75, 3.05) is 6.54 Å². The van der Waals surface area contributed by atoms with Crippen LogP contribution in [0.25, 0.3) is 0 Å². The number of amides is 1. The third-order valence-corrected chi connectivity index (χ3v) is 1.82. The van der Waals surface area contributed by atoms with Crippen molar-refractivity contribution in [1.29, 1.82) is 5.26 Å². The van der Waals surface area contributed by atoms with Gasteiger partial charge in [-0.3, -0.25) is 4.79 Å². The molecule has 0 bridgehead atoms. The van der Waals surface area contributed by atoms with Gasteiger partial charge >= 0.3 is 0 Å². The smallest absolute Gasteiger partial charge is 0.218 e. The minimum absolute atomic E-state index is 0.316. The third kappa shape index (κ3) is 4.20. The predicted molar refractivity (Wildman–Crippen MR) is 54.5 cm³/mol. The van der Waals surface area contributed by atoms with Crippen LogP contribution < -0.4 is 11.1 Å². The fourth-order valence-corrected chi connectivity index (χ4v) is 1.09. The van der Waals surface area contributed by atoms with E-state index in [4.69, 9.17) is 11.0 Å². The van der Waals surface area contributed by atoms with Gasteiger partial charge in [-0.1, -0.05) is 0 Å². The number of hydrogen-bond acceptors (Lipinski definition) is 4. The van der Waals surface area contributed by atoms with Crippen LogP contribution in [0.1, 0.15) is 17.7 Å². The van der Waals surface area contributed by atoms with Gasteiger partial charge in [0, 0.05) is 25.7 Å². The molecule has 1 rings (SSSR count). The monoisotopic (exact) mass is 204 g/mol. The number of hydrogen-bond donors (Lipinski definition) is 2. The van der Waals surface area contributed by atoms with Crippen LogP contribution in [0.5, 0.6) is 0 Å². The van der Waals surface area contributed by atoms with E-state index in [-0.39, 0.29) is 5.91 Å². The zero-order valence-electron chi connectivity index (χ0n) is 8.23. The van der Waals surface area contributed by atoms with Crippen molar-refractivity contribution >= 4 is 5.91 Å². The fraction of sp³-hybridized carbons (Fsp3) is 0.300. The van der Waals surface area contributed by atoms with E-state index in [0.29, 0.717) is 25.2 Å². The number of nitrogens with zero attached hydrogens (tertiary/aromatic N) is 2. The number of carbonyl (C=O) groups excluding carboxylic acids is 1. The highest BCUT2D eigenvalue weighted by atomic mass is 16.1. The van der Waals surface area contributed by atoms with Gasteiger partial charge in [-0.25, -0.2) is 4.98 Å². The summed E-state index contributed by atoms with van der Waals surface area (Å²) < 4.78 is 0. The number of nitrogens with one attached hydrogen (secondary N) is 1. The highest BCUT2D eigenvalue weighted by Crippen LogP contribution is 1.99. The lowest BCUT2D eigenvalue weighted by Crippen LogP contribution is -2.21. The second-order valence-corrected chi connectivity index (χ2v) is 3.05. The molecule has 0 saturated carbocycles. The van der Waals surface area contributed by atoms with Crippen LogP contribution in [0.4, 0.5) is 0 Å². The molecular formula is C10H12N4O. The minimum Gasteiger partial charge on any atom is -0.370 e. The quantitative estimate of drug-likeness (QED) is 0.656. The van der Waals surface area contributed by atoms with Crippen molar-refractivity contribution in [3.8, 4) is 6.07 Å². The molecule has 1 amide bonds. The maximum absolute atomic E-state index is 10.4. The van der Waals surface area contributed by atoms with Crippen LogP contribution in [-0.2, 0) is 11.3 Å². The highest BCUT2D eigenvalue weighted by Gasteiger charge is 1.97. The Labute approximate surface area is 87.9 Å². The zero-order chi connectivity index (χ0) is 11.1. The first-order valence-electron chi connectivity index (χ1n) is 4.56. The second kappa shape index (κ2) is 5.73. The fourth-order valence-electron chi connectivity index (χ4n) is 1.09. The van der Waals surface area contributed by atoms with Gasteiger partial charge in [0.25, 0.3) is 0 Å². The first kappa shape index (κ1) is 11.1. The van der Waals surface area contributed by atoms with E-state index in [1.54, 1.807) is 12.3 Å². The van der Waals surface area contributed by atoms with E-state index >= 15 is 0 Å². The molecule has 0 spiro atoms. The van der Waals surface area contributed by atoms with Gasteiger partial charge in [-0.15, -0.1) is 0 Å². The van der Waals surface area contributed by atoms with Gasteiger partial charge in [-0.2, -0.15) is 5.26 Å². The first-order valence-corrected chi connectivity index (χ1v) is 4.56. The summed E-state index contributed by atoms with van der Waals surface area (Å²) in [6.07, 6.45) is 1.90. The van der Waals surface area contributed by atoms with Gasteiger partial charge < -0.3 is 11.1 Å². The van der Waals surface area contributed by atoms with Crippen molar-refractivity contribution in [3.63, 3.8) is 0 Å². The molecule has 0 aromatic carbocycles. The van der Waals surface area contributed by atoms with Crippen molar-refractivity contribution in [1.82, 2.24) is 10.3 Å². The Morgan fingerprint density at radius 3 is 3.13 bits per heavy atom. The maximum Gasteiger partial charge on any atom is 0.218 e. The first-order chi connectivity index (χ1) is 7.22. The standard InChI is InChI=1S/C10H12N4O/c11-6-9-5-8(1-4-14-9)7-13-3-2-10(12)15/h1,4-5,13H,2-3,7H2,(H2,12,15). The Kier molecular flexibility index (Phi) is 4.26. The van der Waals surface area contributed by atoms with E-state index in [2.05, 4.69) is 10.3 Å². The molecule has 0 atom stereocenters. The average Bonchev–Trinajstić information content (AvgIpc) is 2.24. The third-order valence-electron chi connectivity index (χ3n) is 1.82. The highest BCUT2D eigenvalue weighted by molar-refractivity contribution is 5.73. The van der Waals surface area contributed by atoms with Crippen LogP contribution in [0.15, 0.2) is 18.3 Å². The molecular weight excluding hydrogens is 192 g/mol. The van der Waals surface area contributed by atoms with E-state index in [9.17, 15) is 4.79 Å². The van der Waals surface area contributed by atoms with Crippen LogP contribution in [-0.4, -0.2) is 17.4 Å². The molecule has 0 fully saturated rings. The summed E-state index contributed by atoms with van der Waals surface area (Å²) >= 11 is 0. The number of primary amides is 1. The van der Waals surface area contributed by atoms with Crippen molar-refractivity contribution in [2.24, 2.45) is 5.73 Å². The number of rotatable bonds is 5. The molecule has 3 N–H and O–H groups in total. The topological polar surface area (TPSA) is 91.8 Å². The van der Waals surface area contributed by atoms with E-state index in [0.717, 1.165) is 5.56 Å². The largest absolute Gasteiger partial charge is 0.370 e. The summed E-state index contributed by atoms with van der Waals surface area (Å²) in [4.78, 5) is 14.3. The molecule has 0 unspecified atom stereocenters. The molecule has 78 valence electrons. The number of aromatic nitrogens is 1. The molecule has 1 aromatic rings. The lowest BCUT2D eigenvalue weighted by molar-refractivity contribution is -0.117. The average molecular weight is 204 g/mol. The van der Waals surface area contributed by atoms with Gasteiger partial charge in [-0.05, 0) is 17.7 Å². The number of carbonyl (C=O) groups is 1. The maximum atomic E-state index is 10.4. The predicted octanol–water partition coefficient (Wildman–Crippen LogP) is -0.0817. The molecule has 0 radical (unpaired) electrons. The van der Waals surface area contributed by atoms with Crippen molar-refractivity contribution in [2.45, 2.75) is 13.0 Å². The molecule has 15 heavy (non-hydrogen) atoms. The summed E-state index contributed by atoms with van der Waals surface area (Å²) in [5, 5.41) is 11.7.